The minimum atomic E-state index is -5.17. The van der Waals surface area contributed by atoms with Crippen LogP contribution in [0.5, 0.6) is 0 Å². The van der Waals surface area contributed by atoms with Crippen molar-refractivity contribution in [2.75, 3.05) is 32.1 Å². The number of carbonyl (C=O) groups is 1. The molecule has 30 heavy (non-hydrogen) atoms. The Balaban J connectivity index is 0. The summed E-state index contributed by atoms with van der Waals surface area (Å²) in [5, 5.41) is 0. The molecule has 0 unspecified atom stereocenters. The lowest BCUT2D eigenvalue weighted by atomic mass is 10.4. The van der Waals surface area contributed by atoms with E-state index in [-0.39, 0.29) is 5.97 Å². The summed E-state index contributed by atoms with van der Waals surface area (Å²) in [6, 6.07) is 21.1. The van der Waals surface area contributed by atoms with E-state index in [1.165, 1.54) is 16.9 Å². The molecule has 0 heterocycles. The molecule has 0 amide bonds. The lowest BCUT2D eigenvalue weighted by molar-refractivity contribution is -0.136. The molecule has 0 N–H and O–H groups in total. The maximum Gasteiger partial charge on any atom is 0.332 e. The molecule has 2 rings (SSSR count). The summed E-state index contributed by atoms with van der Waals surface area (Å²) in [5.41, 5.74) is 0.433. The van der Waals surface area contributed by atoms with E-state index < -0.39 is 10.4 Å². The second-order valence-corrected chi connectivity index (χ2v) is 11.0. The Labute approximate surface area is 186 Å². The minimum absolute atomic E-state index is 0.347. The number of esters is 1. The lowest BCUT2D eigenvalue weighted by Gasteiger charge is -2.06. The van der Waals surface area contributed by atoms with Gasteiger partial charge in [-0.15, -0.1) is 0 Å². The summed E-state index contributed by atoms with van der Waals surface area (Å²) in [6.07, 6.45) is 8.93. The van der Waals surface area contributed by atoms with E-state index in [1.54, 1.807) is 6.92 Å². The van der Waals surface area contributed by atoms with Gasteiger partial charge in [0.15, 0.2) is 9.79 Å². The predicted octanol–water partition coefficient (Wildman–Crippen LogP) is 3.24. The number of benzene rings is 2. The van der Waals surface area contributed by atoms with Crippen LogP contribution in [0.2, 0.25) is 0 Å². The molecule has 0 aliphatic rings. The molecule has 0 spiro atoms. The number of rotatable bonds is 3. The molecule has 0 aliphatic heterocycles. The zero-order chi connectivity index (χ0) is 23.7. The molecule has 2 aromatic rings. The zero-order valence-electron chi connectivity index (χ0n) is 18.2. The van der Waals surface area contributed by atoms with Crippen molar-refractivity contribution in [3.8, 4) is 0 Å². The summed E-state index contributed by atoms with van der Waals surface area (Å²) < 4.78 is 38.4. The number of hydrogen-bond donors (Lipinski definition) is 0. The van der Waals surface area contributed by atoms with Gasteiger partial charge in [0, 0.05) is 37.8 Å². The van der Waals surface area contributed by atoms with Gasteiger partial charge in [0.1, 0.15) is 25.0 Å². The Hall–Kier alpha value is -1.78. The molecular formula is C21H30O6S3. The van der Waals surface area contributed by atoms with E-state index in [0.29, 0.717) is 27.4 Å². The smallest absolute Gasteiger partial charge is 0.332 e. The molecule has 9 heteroatoms. The van der Waals surface area contributed by atoms with Crippen molar-refractivity contribution in [3.05, 3.63) is 72.8 Å². The Morgan fingerprint density at radius 3 is 1.20 bits per heavy atom. The normalized spacial score (nSPS) is 9.80. The minimum Gasteiger partial charge on any atom is -0.759 e. The third-order valence-corrected chi connectivity index (χ3v) is 5.39. The third kappa shape index (κ3) is 20.9. The third-order valence-electron chi connectivity index (χ3n) is 2.96. The number of hydrogen-bond acceptors (Lipinski definition) is 6. The molecule has 168 valence electrons. The lowest BCUT2D eigenvalue weighted by Crippen LogP contribution is -1.98. The molecule has 0 saturated carbocycles. The first-order valence-electron chi connectivity index (χ1n) is 8.45. The Morgan fingerprint density at radius 2 is 1.10 bits per heavy atom. The molecule has 0 fully saturated rings. The first kappa shape index (κ1) is 30.4. The van der Waals surface area contributed by atoms with E-state index in [4.69, 9.17) is 17.5 Å². The highest BCUT2D eigenvalue weighted by molar-refractivity contribution is 7.95. The number of ether oxygens (including phenoxy) is 1. The van der Waals surface area contributed by atoms with Crippen LogP contribution in [0.4, 0.5) is 0 Å². The second-order valence-electron chi connectivity index (χ2n) is 5.94. The summed E-state index contributed by atoms with van der Waals surface area (Å²) in [4.78, 5) is 13.1. The molecule has 0 atom stereocenters. The second kappa shape index (κ2) is 17.0. The van der Waals surface area contributed by atoms with Gasteiger partial charge in [0.2, 0.25) is 0 Å². The van der Waals surface area contributed by atoms with E-state index in [0.717, 1.165) is 0 Å². The fraction of sp³-hybridized carbons (Fsp3) is 0.286. The van der Waals surface area contributed by atoms with Gasteiger partial charge >= 0.3 is 5.97 Å². The molecule has 2 aromatic carbocycles. The molecule has 0 aliphatic carbocycles. The van der Waals surface area contributed by atoms with E-state index in [9.17, 15) is 4.79 Å². The molecule has 0 saturated heterocycles. The monoisotopic (exact) mass is 474 g/mol. The molecule has 0 radical (unpaired) electrons. The van der Waals surface area contributed by atoms with Crippen molar-refractivity contribution < 1.29 is 27.1 Å². The fourth-order valence-corrected chi connectivity index (χ4v) is 2.96. The van der Waals surface area contributed by atoms with Crippen molar-refractivity contribution in [2.24, 2.45) is 0 Å². The van der Waals surface area contributed by atoms with Crippen molar-refractivity contribution >= 4 is 38.2 Å². The largest absolute Gasteiger partial charge is 0.759 e. The van der Waals surface area contributed by atoms with Crippen molar-refractivity contribution in [3.63, 3.8) is 0 Å². The average molecular weight is 475 g/mol. The van der Waals surface area contributed by atoms with Gasteiger partial charge in [-0.25, -0.2) is 4.79 Å². The molecule has 6 nitrogen and oxygen atoms in total. The highest BCUT2D eigenvalue weighted by Gasteiger charge is 2.04. The van der Waals surface area contributed by atoms with Crippen molar-refractivity contribution in [1.82, 2.24) is 0 Å². The summed E-state index contributed by atoms with van der Waals surface area (Å²) in [7, 11) is -2.99. The van der Waals surface area contributed by atoms with Crippen LogP contribution in [0.1, 0.15) is 6.92 Å². The maximum absolute atomic E-state index is 10.2. The van der Waals surface area contributed by atoms with Gasteiger partial charge in [-0.2, -0.15) is 0 Å². The maximum atomic E-state index is 10.2. The first-order valence-corrected chi connectivity index (χ1v) is 13.9. The van der Waals surface area contributed by atoms with E-state index in [1.807, 2.05) is 0 Å². The summed E-state index contributed by atoms with van der Waals surface area (Å²) in [6.45, 7) is 4.95. The topological polar surface area (TPSA) is 107 Å². The fourth-order valence-electron chi connectivity index (χ4n) is 1.56. The highest BCUT2D eigenvalue weighted by Crippen LogP contribution is 2.06. The number of methoxy groups -OCH3 is 1. The zero-order valence-corrected chi connectivity index (χ0v) is 20.6. The van der Waals surface area contributed by atoms with Crippen LogP contribution in [-0.2, 0) is 41.7 Å². The highest BCUT2D eigenvalue weighted by atomic mass is 32.3. The van der Waals surface area contributed by atoms with Gasteiger partial charge in [-0.3, -0.25) is 8.42 Å². The summed E-state index contributed by atoms with van der Waals surface area (Å²) in [5.74, 6) is -0.347. The Bertz CT molecular complexity index is 769. The van der Waals surface area contributed by atoms with Crippen LogP contribution in [0.25, 0.3) is 0 Å². The van der Waals surface area contributed by atoms with Crippen LogP contribution in [0, 0.1) is 0 Å². The van der Waals surface area contributed by atoms with Crippen LogP contribution < -0.4 is 0 Å². The van der Waals surface area contributed by atoms with Gasteiger partial charge in [0.25, 0.3) is 0 Å². The summed E-state index contributed by atoms with van der Waals surface area (Å²) >= 11 is 0. The SMILES string of the molecule is C=C(C)C(=O)OC.C[S+](C)c1ccccc1.C[S+](C)c1ccccc1.O=S(=O)([O-])[O-]. The average Bonchev–Trinajstić information content (AvgIpc) is 2.68. The molecule has 0 bridgehead atoms. The van der Waals surface area contributed by atoms with Crippen molar-refractivity contribution in [1.29, 1.82) is 0 Å². The van der Waals surface area contributed by atoms with Crippen LogP contribution in [-0.4, -0.2) is 55.6 Å². The number of carbonyl (C=O) groups excluding carboxylic acids is 1. The van der Waals surface area contributed by atoms with Gasteiger partial charge in [-0.1, -0.05) is 43.0 Å². The van der Waals surface area contributed by atoms with Gasteiger partial charge in [0.05, 0.1) is 7.11 Å². The molecule has 0 aromatic heterocycles. The first-order chi connectivity index (χ1) is 13.8. The standard InChI is InChI=1S/2C8H11S.C5H8O2.H2O4S/c2*1-9(2)8-6-4-3-5-7-8;1-4(2)5(6)7-3;1-5(2,3)4/h2*3-7H,1-2H3;1H2,2-3H3;(H2,1,2,3,4)/q2*+1;;/p-2. The van der Waals surface area contributed by atoms with Crippen LogP contribution >= 0.6 is 0 Å². The quantitative estimate of drug-likeness (QED) is 0.222. The van der Waals surface area contributed by atoms with Gasteiger partial charge < -0.3 is 13.8 Å². The Kier molecular flexibility index (Phi) is 17.2. The van der Waals surface area contributed by atoms with Crippen molar-refractivity contribution in [2.45, 2.75) is 16.7 Å². The van der Waals surface area contributed by atoms with Crippen LogP contribution in [0.3, 0.4) is 0 Å². The predicted molar refractivity (Wildman–Crippen MR) is 125 cm³/mol. The Morgan fingerprint density at radius 1 is 0.833 bits per heavy atom. The van der Waals surface area contributed by atoms with E-state index in [2.05, 4.69) is 97.0 Å². The van der Waals surface area contributed by atoms with Crippen LogP contribution in [0.15, 0.2) is 82.6 Å². The van der Waals surface area contributed by atoms with E-state index >= 15 is 0 Å². The molecular weight excluding hydrogens is 444 g/mol. The van der Waals surface area contributed by atoms with Gasteiger partial charge in [-0.05, 0) is 31.2 Å².